The summed E-state index contributed by atoms with van der Waals surface area (Å²) in [5.41, 5.74) is 2.18. The number of amides is 1. The van der Waals surface area contributed by atoms with E-state index in [9.17, 15) is 4.79 Å². The normalized spacial score (nSPS) is 10.2. The minimum atomic E-state index is -0.392. The van der Waals surface area contributed by atoms with Crippen molar-refractivity contribution < 1.29 is 14.7 Å². The average molecular weight is 348 g/mol. The van der Waals surface area contributed by atoms with Crippen LogP contribution in [0.2, 0.25) is 5.02 Å². The first-order valence-corrected chi connectivity index (χ1v) is 5.90. The molecule has 14 heavy (non-hydrogen) atoms. The summed E-state index contributed by atoms with van der Waals surface area (Å²) in [5.74, 6) is -0.392. The van der Waals surface area contributed by atoms with E-state index < -0.39 is 5.91 Å². The smallest absolute Gasteiger partial charge is 0.286 e. The molecular formula is C7H7ClINO3S. The molecule has 1 heterocycles. The van der Waals surface area contributed by atoms with Gasteiger partial charge in [0.2, 0.25) is 0 Å². The van der Waals surface area contributed by atoms with Gasteiger partial charge < -0.3 is 5.11 Å². The van der Waals surface area contributed by atoms with Gasteiger partial charge in [0.15, 0.2) is 0 Å². The molecule has 7 heteroatoms. The molecule has 0 radical (unpaired) electrons. The molecule has 78 valence electrons. The number of thiophene rings is 1. The van der Waals surface area contributed by atoms with Crippen LogP contribution in [0.4, 0.5) is 0 Å². The third-order valence-corrected chi connectivity index (χ3v) is 3.53. The highest BCUT2D eigenvalue weighted by Gasteiger charge is 2.13. The van der Waals surface area contributed by atoms with Crippen molar-refractivity contribution >= 4 is 51.4 Å². The van der Waals surface area contributed by atoms with Gasteiger partial charge in [0.25, 0.3) is 5.91 Å². The van der Waals surface area contributed by atoms with Gasteiger partial charge in [-0.05, 0) is 28.7 Å². The average Bonchev–Trinajstić information content (AvgIpc) is 2.45. The molecule has 1 aromatic rings. The monoisotopic (exact) mass is 347 g/mol. The maximum absolute atomic E-state index is 11.4. The number of nitrogens with one attached hydrogen (secondary N) is 1. The Labute approximate surface area is 103 Å². The van der Waals surface area contributed by atoms with Crippen molar-refractivity contribution in [3.8, 4) is 0 Å². The van der Waals surface area contributed by atoms with Gasteiger partial charge in [-0.1, -0.05) is 11.6 Å². The fourth-order valence-corrected chi connectivity index (χ4v) is 2.90. The van der Waals surface area contributed by atoms with E-state index >= 15 is 0 Å². The van der Waals surface area contributed by atoms with E-state index in [2.05, 4.69) is 32.9 Å². The molecule has 0 spiro atoms. The first kappa shape index (κ1) is 12.2. The van der Waals surface area contributed by atoms with Crippen LogP contribution in [-0.2, 0) is 4.84 Å². The van der Waals surface area contributed by atoms with Crippen LogP contribution >= 0.6 is 45.5 Å². The highest BCUT2D eigenvalue weighted by Crippen LogP contribution is 2.27. The molecule has 1 amide bonds. The molecule has 0 atom stereocenters. The number of aliphatic hydroxyl groups excluding tert-OH is 1. The van der Waals surface area contributed by atoms with Gasteiger partial charge in [0, 0.05) is 0 Å². The molecule has 0 unspecified atom stereocenters. The van der Waals surface area contributed by atoms with Crippen LogP contribution in [0.3, 0.4) is 0 Å². The summed E-state index contributed by atoms with van der Waals surface area (Å²) in [7, 11) is 0. The third kappa shape index (κ3) is 3.35. The Balaban J connectivity index is 2.56. The molecule has 0 saturated carbocycles. The largest absolute Gasteiger partial charge is 0.394 e. The molecule has 0 saturated heterocycles. The molecule has 0 fully saturated rings. The molecule has 4 nitrogen and oxygen atoms in total. The Kier molecular flexibility index (Phi) is 5.10. The molecule has 0 aromatic carbocycles. The zero-order valence-corrected chi connectivity index (χ0v) is 10.6. The number of halogens is 2. The number of hydrogen-bond acceptors (Lipinski definition) is 4. The molecule has 0 bridgehead atoms. The van der Waals surface area contributed by atoms with Crippen molar-refractivity contribution in [3.05, 3.63) is 18.9 Å². The van der Waals surface area contributed by atoms with E-state index in [0.29, 0.717) is 9.90 Å². The van der Waals surface area contributed by atoms with E-state index in [4.69, 9.17) is 16.7 Å². The zero-order chi connectivity index (χ0) is 10.6. The minimum absolute atomic E-state index is 0.0613. The lowest BCUT2D eigenvalue weighted by atomic mass is 10.4. The second-order valence-corrected chi connectivity index (χ2v) is 5.58. The fourth-order valence-electron chi connectivity index (χ4n) is 0.704. The number of hydrogen-bond donors (Lipinski definition) is 2. The van der Waals surface area contributed by atoms with Gasteiger partial charge in [-0.15, -0.1) is 11.3 Å². The summed E-state index contributed by atoms with van der Waals surface area (Å²) in [6.07, 6.45) is 0. The molecule has 1 aromatic heterocycles. The SMILES string of the molecule is O=C(NOCCO)c1sc(I)cc1Cl. The third-order valence-electron chi connectivity index (χ3n) is 1.22. The summed E-state index contributed by atoms with van der Waals surface area (Å²) in [6, 6.07) is 1.70. The predicted octanol–water partition coefficient (Wildman–Crippen LogP) is 1.66. The van der Waals surface area contributed by atoms with Gasteiger partial charge in [-0.3, -0.25) is 9.63 Å². The molecule has 0 aliphatic heterocycles. The lowest BCUT2D eigenvalue weighted by Gasteiger charge is -2.02. The van der Waals surface area contributed by atoms with E-state index in [1.54, 1.807) is 6.07 Å². The van der Waals surface area contributed by atoms with Crippen molar-refractivity contribution in [3.63, 3.8) is 0 Å². The van der Waals surface area contributed by atoms with Gasteiger partial charge >= 0.3 is 0 Å². The quantitative estimate of drug-likeness (QED) is 0.495. The van der Waals surface area contributed by atoms with Gasteiger partial charge in [-0.25, -0.2) is 5.48 Å². The Hall–Kier alpha value is 0.110. The Morgan fingerprint density at radius 1 is 1.79 bits per heavy atom. The van der Waals surface area contributed by atoms with Crippen LogP contribution < -0.4 is 5.48 Å². The number of hydroxylamine groups is 1. The number of rotatable bonds is 4. The van der Waals surface area contributed by atoms with Crippen molar-refractivity contribution in [2.75, 3.05) is 13.2 Å². The molecular weight excluding hydrogens is 341 g/mol. The highest BCUT2D eigenvalue weighted by molar-refractivity contribution is 14.1. The Morgan fingerprint density at radius 3 is 3.00 bits per heavy atom. The van der Waals surface area contributed by atoms with Crippen molar-refractivity contribution in [1.82, 2.24) is 5.48 Å². The molecule has 0 aliphatic rings. The van der Waals surface area contributed by atoms with Crippen LogP contribution in [0.15, 0.2) is 6.07 Å². The van der Waals surface area contributed by atoms with Crippen LogP contribution in [0.1, 0.15) is 9.67 Å². The van der Waals surface area contributed by atoms with E-state index in [0.717, 1.165) is 2.88 Å². The van der Waals surface area contributed by atoms with E-state index in [-0.39, 0.29) is 13.2 Å². The number of carbonyl (C=O) groups is 1. The lowest BCUT2D eigenvalue weighted by molar-refractivity contribution is 0.0171. The molecule has 1 rings (SSSR count). The van der Waals surface area contributed by atoms with Crippen LogP contribution in [-0.4, -0.2) is 24.2 Å². The van der Waals surface area contributed by atoms with E-state index in [1.165, 1.54) is 11.3 Å². The Bertz CT molecular complexity index is 331. The predicted molar refractivity (Wildman–Crippen MR) is 62.6 cm³/mol. The van der Waals surface area contributed by atoms with Crippen molar-refractivity contribution in [2.24, 2.45) is 0 Å². The second kappa shape index (κ2) is 5.86. The van der Waals surface area contributed by atoms with Crippen LogP contribution in [0, 0.1) is 2.88 Å². The summed E-state index contributed by atoms with van der Waals surface area (Å²) in [6.45, 7) is -0.0815. The summed E-state index contributed by atoms with van der Waals surface area (Å²) >= 11 is 9.15. The first-order valence-electron chi connectivity index (χ1n) is 3.63. The van der Waals surface area contributed by atoms with Gasteiger partial charge in [-0.2, -0.15) is 0 Å². The zero-order valence-electron chi connectivity index (χ0n) is 6.92. The minimum Gasteiger partial charge on any atom is -0.394 e. The first-order chi connectivity index (χ1) is 6.65. The fraction of sp³-hybridized carbons (Fsp3) is 0.286. The van der Waals surface area contributed by atoms with Crippen molar-refractivity contribution in [1.29, 1.82) is 0 Å². The van der Waals surface area contributed by atoms with Gasteiger partial charge in [0.1, 0.15) is 4.88 Å². The summed E-state index contributed by atoms with van der Waals surface area (Å²) in [4.78, 5) is 16.4. The van der Waals surface area contributed by atoms with Crippen molar-refractivity contribution in [2.45, 2.75) is 0 Å². The van der Waals surface area contributed by atoms with Gasteiger partial charge in [0.05, 0.1) is 21.1 Å². The number of aliphatic hydroxyl groups is 1. The molecule has 2 N–H and O–H groups in total. The molecule has 0 aliphatic carbocycles. The maximum Gasteiger partial charge on any atom is 0.286 e. The lowest BCUT2D eigenvalue weighted by Crippen LogP contribution is -2.24. The van der Waals surface area contributed by atoms with Crippen LogP contribution in [0.25, 0.3) is 0 Å². The van der Waals surface area contributed by atoms with E-state index in [1.807, 2.05) is 0 Å². The van der Waals surface area contributed by atoms with Crippen LogP contribution in [0.5, 0.6) is 0 Å². The topological polar surface area (TPSA) is 58.6 Å². The Morgan fingerprint density at radius 2 is 2.50 bits per heavy atom. The number of carbonyl (C=O) groups excluding carboxylic acids is 1. The highest BCUT2D eigenvalue weighted by atomic mass is 127. The summed E-state index contributed by atoms with van der Waals surface area (Å²) < 4.78 is 0.930. The maximum atomic E-state index is 11.4. The standard InChI is InChI=1S/C7H7ClINO3S/c8-4-3-5(9)14-6(4)7(12)10-13-2-1-11/h3,11H,1-2H2,(H,10,12). The summed E-state index contributed by atoms with van der Waals surface area (Å²) in [5, 5.41) is 8.81. The second-order valence-electron chi connectivity index (χ2n) is 2.23.